The highest BCUT2D eigenvalue weighted by atomic mass is 79.9. The zero-order valence-electron chi connectivity index (χ0n) is 16.3. The molecule has 2 N–H and O–H groups in total. The van der Waals surface area contributed by atoms with Gasteiger partial charge in [-0.25, -0.2) is 5.43 Å². The maximum Gasteiger partial charge on any atom is 0.273 e. The highest BCUT2D eigenvalue weighted by Crippen LogP contribution is 2.36. The fraction of sp³-hybridized carbons (Fsp3) is 0.130. The average molecular weight is 469 g/mol. The lowest BCUT2D eigenvalue weighted by Gasteiger charge is -2.13. The third-order valence-corrected chi connectivity index (χ3v) is 4.82. The van der Waals surface area contributed by atoms with Crippen molar-refractivity contribution in [3.05, 3.63) is 94.0 Å². The molecule has 0 saturated heterocycles. The Morgan fingerprint density at radius 1 is 1.13 bits per heavy atom. The SMILES string of the molecule is COc1cc(/C=N\NC(=O)[C@@H](O)c2ccccc2)cc(Br)c1OCc1ccccc1. The molecule has 154 valence electrons. The number of nitrogens with one attached hydrogen (secondary N) is 1. The lowest BCUT2D eigenvalue weighted by atomic mass is 10.1. The molecule has 30 heavy (non-hydrogen) atoms. The molecule has 0 saturated carbocycles. The van der Waals surface area contributed by atoms with Gasteiger partial charge in [0.15, 0.2) is 17.6 Å². The van der Waals surface area contributed by atoms with Crippen molar-refractivity contribution in [3.8, 4) is 11.5 Å². The minimum absolute atomic E-state index is 0.399. The van der Waals surface area contributed by atoms with Crippen molar-refractivity contribution in [2.75, 3.05) is 7.11 Å². The number of hydrogen-bond acceptors (Lipinski definition) is 5. The van der Waals surface area contributed by atoms with Crippen LogP contribution in [0, 0.1) is 0 Å². The lowest BCUT2D eigenvalue weighted by Crippen LogP contribution is -2.25. The van der Waals surface area contributed by atoms with Crippen LogP contribution in [0.25, 0.3) is 0 Å². The number of aliphatic hydroxyl groups excluding tert-OH is 1. The molecule has 7 heteroatoms. The number of hydrogen-bond donors (Lipinski definition) is 2. The Balaban J connectivity index is 1.66. The second-order valence-corrected chi connectivity index (χ2v) is 7.21. The molecule has 1 amide bonds. The highest BCUT2D eigenvalue weighted by Gasteiger charge is 2.16. The van der Waals surface area contributed by atoms with Crippen molar-refractivity contribution >= 4 is 28.1 Å². The Morgan fingerprint density at radius 2 is 1.80 bits per heavy atom. The van der Waals surface area contributed by atoms with Crippen LogP contribution in [0.2, 0.25) is 0 Å². The molecule has 0 fully saturated rings. The summed E-state index contributed by atoms with van der Waals surface area (Å²) in [5.74, 6) is 0.478. The maximum absolute atomic E-state index is 12.1. The fourth-order valence-corrected chi connectivity index (χ4v) is 3.28. The zero-order chi connectivity index (χ0) is 21.3. The van der Waals surface area contributed by atoms with Crippen LogP contribution in [0.3, 0.4) is 0 Å². The molecule has 6 nitrogen and oxygen atoms in total. The van der Waals surface area contributed by atoms with E-state index >= 15 is 0 Å². The van der Waals surface area contributed by atoms with E-state index in [2.05, 4.69) is 26.5 Å². The molecular weight excluding hydrogens is 448 g/mol. The van der Waals surface area contributed by atoms with Crippen molar-refractivity contribution in [2.24, 2.45) is 5.10 Å². The molecule has 0 aliphatic carbocycles. The van der Waals surface area contributed by atoms with E-state index in [-0.39, 0.29) is 0 Å². The number of aliphatic hydroxyl groups is 1. The normalized spacial score (nSPS) is 11.8. The van der Waals surface area contributed by atoms with Gasteiger partial charge in [-0.15, -0.1) is 0 Å². The topological polar surface area (TPSA) is 80.2 Å². The van der Waals surface area contributed by atoms with E-state index in [1.807, 2.05) is 36.4 Å². The predicted molar refractivity (Wildman–Crippen MR) is 119 cm³/mol. The van der Waals surface area contributed by atoms with Crippen LogP contribution in [0.5, 0.6) is 11.5 Å². The van der Waals surface area contributed by atoms with Gasteiger partial charge in [0, 0.05) is 0 Å². The van der Waals surface area contributed by atoms with Gasteiger partial charge in [-0.3, -0.25) is 4.79 Å². The fourth-order valence-electron chi connectivity index (χ4n) is 2.70. The molecule has 0 aliphatic rings. The lowest BCUT2D eigenvalue weighted by molar-refractivity contribution is -0.129. The van der Waals surface area contributed by atoms with Crippen LogP contribution < -0.4 is 14.9 Å². The quantitative estimate of drug-likeness (QED) is 0.383. The number of rotatable bonds is 8. The molecule has 0 heterocycles. The Kier molecular flexibility index (Phi) is 7.59. The maximum atomic E-state index is 12.1. The van der Waals surface area contributed by atoms with Crippen LogP contribution in [0.15, 0.2) is 82.4 Å². The predicted octanol–water partition coefficient (Wildman–Crippen LogP) is 4.22. The molecule has 3 rings (SSSR count). The smallest absolute Gasteiger partial charge is 0.273 e. The van der Waals surface area contributed by atoms with E-state index in [1.54, 1.807) is 43.5 Å². The van der Waals surface area contributed by atoms with E-state index < -0.39 is 12.0 Å². The van der Waals surface area contributed by atoms with Crippen LogP contribution >= 0.6 is 15.9 Å². The molecule has 0 unspecified atom stereocenters. The molecule has 0 bridgehead atoms. The van der Waals surface area contributed by atoms with Crippen molar-refractivity contribution < 1.29 is 19.4 Å². The van der Waals surface area contributed by atoms with Gasteiger partial charge in [0.1, 0.15) is 6.61 Å². The van der Waals surface area contributed by atoms with Gasteiger partial charge in [0.2, 0.25) is 0 Å². The van der Waals surface area contributed by atoms with Gasteiger partial charge in [-0.1, -0.05) is 60.7 Å². The van der Waals surface area contributed by atoms with Crippen LogP contribution in [0.4, 0.5) is 0 Å². The summed E-state index contributed by atoms with van der Waals surface area (Å²) < 4.78 is 12.0. The Bertz CT molecular complexity index is 1010. The summed E-state index contributed by atoms with van der Waals surface area (Å²) in [5.41, 5.74) is 4.56. The number of amides is 1. The van der Waals surface area contributed by atoms with Gasteiger partial charge in [0.05, 0.1) is 17.8 Å². The van der Waals surface area contributed by atoms with E-state index in [0.717, 1.165) is 5.56 Å². The molecule has 0 aromatic heterocycles. The van der Waals surface area contributed by atoms with Gasteiger partial charge in [-0.05, 0) is 44.8 Å². The number of halogens is 1. The monoisotopic (exact) mass is 468 g/mol. The van der Waals surface area contributed by atoms with E-state index in [0.29, 0.717) is 33.7 Å². The van der Waals surface area contributed by atoms with Crippen molar-refractivity contribution in [1.82, 2.24) is 5.43 Å². The third kappa shape index (κ3) is 5.68. The molecule has 0 spiro atoms. The van der Waals surface area contributed by atoms with Gasteiger partial charge in [-0.2, -0.15) is 5.10 Å². The number of hydrazone groups is 1. The Labute approximate surface area is 183 Å². The molecule has 3 aromatic rings. The van der Waals surface area contributed by atoms with Crippen molar-refractivity contribution in [1.29, 1.82) is 0 Å². The van der Waals surface area contributed by atoms with Gasteiger partial charge in [0.25, 0.3) is 5.91 Å². The second kappa shape index (κ2) is 10.6. The van der Waals surface area contributed by atoms with Crippen LogP contribution in [0.1, 0.15) is 22.8 Å². The second-order valence-electron chi connectivity index (χ2n) is 6.36. The average Bonchev–Trinajstić information content (AvgIpc) is 2.78. The number of carbonyl (C=O) groups excluding carboxylic acids is 1. The van der Waals surface area contributed by atoms with Crippen LogP contribution in [-0.4, -0.2) is 24.3 Å². The minimum Gasteiger partial charge on any atom is -0.493 e. The first-order valence-electron chi connectivity index (χ1n) is 9.18. The molecule has 1 atom stereocenters. The summed E-state index contributed by atoms with van der Waals surface area (Å²) in [7, 11) is 1.55. The van der Waals surface area contributed by atoms with Crippen LogP contribution in [-0.2, 0) is 11.4 Å². The third-order valence-electron chi connectivity index (χ3n) is 4.23. The number of ether oxygens (including phenoxy) is 2. The van der Waals surface area contributed by atoms with Crippen molar-refractivity contribution in [2.45, 2.75) is 12.7 Å². The largest absolute Gasteiger partial charge is 0.493 e. The number of methoxy groups -OCH3 is 1. The molecule has 3 aromatic carbocycles. The number of nitrogens with zero attached hydrogens (tertiary/aromatic N) is 1. The van der Waals surface area contributed by atoms with E-state index in [9.17, 15) is 9.90 Å². The first-order chi connectivity index (χ1) is 14.6. The standard InChI is InChI=1S/C23H21BrN2O4/c1-29-20-13-17(12-19(24)22(20)30-15-16-8-4-2-5-9-16)14-25-26-23(28)21(27)18-10-6-3-7-11-18/h2-14,21,27H,15H2,1H3,(H,26,28)/b25-14-/t21-/m0/s1. The van der Waals surface area contributed by atoms with Gasteiger partial charge < -0.3 is 14.6 Å². The molecule has 0 aliphatic heterocycles. The summed E-state index contributed by atoms with van der Waals surface area (Å²) in [5, 5.41) is 14.0. The first-order valence-corrected chi connectivity index (χ1v) is 9.98. The van der Waals surface area contributed by atoms with Gasteiger partial charge >= 0.3 is 0 Å². The molecule has 0 radical (unpaired) electrons. The minimum atomic E-state index is -1.29. The van der Waals surface area contributed by atoms with E-state index in [1.165, 1.54) is 6.21 Å². The molecular formula is C23H21BrN2O4. The Hall–Kier alpha value is -3.16. The summed E-state index contributed by atoms with van der Waals surface area (Å²) in [6, 6.07) is 22.0. The summed E-state index contributed by atoms with van der Waals surface area (Å²) in [4.78, 5) is 12.1. The number of benzene rings is 3. The highest BCUT2D eigenvalue weighted by molar-refractivity contribution is 9.10. The Morgan fingerprint density at radius 3 is 2.47 bits per heavy atom. The first kappa shape index (κ1) is 21.5. The summed E-state index contributed by atoms with van der Waals surface area (Å²) in [6.07, 6.45) is 0.169. The van der Waals surface area contributed by atoms with E-state index in [4.69, 9.17) is 9.47 Å². The number of carbonyl (C=O) groups is 1. The van der Waals surface area contributed by atoms with Crippen molar-refractivity contribution in [3.63, 3.8) is 0 Å². The summed E-state index contributed by atoms with van der Waals surface area (Å²) >= 11 is 3.49. The summed E-state index contributed by atoms with van der Waals surface area (Å²) in [6.45, 7) is 0.399. The zero-order valence-corrected chi connectivity index (χ0v) is 17.9.